The molecule has 47 heavy (non-hydrogen) atoms. The van der Waals surface area contributed by atoms with E-state index in [9.17, 15) is 30.7 Å². The van der Waals surface area contributed by atoms with Gasteiger partial charge in [0, 0.05) is 17.7 Å². The van der Waals surface area contributed by atoms with E-state index in [0.717, 1.165) is 48.9 Å². The summed E-state index contributed by atoms with van der Waals surface area (Å²) in [5.41, 5.74) is -1.90. The molecule has 11 heteroatoms. The van der Waals surface area contributed by atoms with Crippen LogP contribution in [0.3, 0.4) is 0 Å². The van der Waals surface area contributed by atoms with E-state index in [0.29, 0.717) is 5.56 Å². The number of rotatable bonds is 10. The van der Waals surface area contributed by atoms with Gasteiger partial charge in [-0.2, -0.15) is 8.78 Å². The Labute approximate surface area is 263 Å². The lowest BCUT2D eigenvalue weighted by atomic mass is 9.95. The van der Waals surface area contributed by atoms with Crippen molar-refractivity contribution in [2.75, 3.05) is 0 Å². The van der Waals surface area contributed by atoms with Crippen molar-refractivity contribution >= 4 is 0 Å². The van der Waals surface area contributed by atoms with Crippen molar-refractivity contribution in [3.63, 3.8) is 0 Å². The molecular weight excluding hydrogens is 638 g/mol. The first kappa shape index (κ1) is 33.6. The second kappa shape index (κ2) is 13.5. The van der Waals surface area contributed by atoms with Crippen molar-refractivity contribution in [1.82, 2.24) is 0 Å². The summed E-state index contributed by atoms with van der Waals surface area (Å²) in [6.45, 7) is 2.11. The molecule has 0 aliphatic carbocycles. The first-order valence-electron chi connectivity index (χ1n) is 14.4. The summed E-state index contributed by atoms with van der Waals surface area (Å²) in [5, 5.41) is 0. The minimum absolute atomic E-state index is 0.0334. The Kier molecular flexibility index (Phi) is 9.65. The summed E-state index contributed by atoms with van der Waals surface area (Å²) in [6, 6.07) is 13.6. The van der Waals surface area contributed by atoms with Gasteiger partial charge in [0.2, 0.25) is 0 Å². The minimum Gasteiger partial charge on any atom is -0.429 e. The summed E-state index contributed by atoms with van der Waals surface area (Å²) < 4.78 is 149. The van der Waals surface area contributed by atoms with E-state index < -0.39 is 75.1 Å². The smallest absolute Gasteiger partial charge is 0.429 e. The van der Waals surface area contributed by atoms with Gasteiger partial charge >= 0.3 is 6.11 Å². The molecule has 0 bridgehead atoms. The molecule has 0 N–H and O–H groups in total. The molecule has 0 fully saturated rings. The zero-order chi connectivity index (χ0) is 34.0. The predicted octanol–water partition coefficient (Wildman–Crippen LogP) is 11.7. The molecule has 0 amide bonds. The average molecular weight is 663 g/mol. The van der Waals surface area contributed by atoms with Crippen molar-refractivity contribution in [2.45, 2.75) is 38.7 Å². The fourth-order valence-electron chi connectivity index (χ4n) is 5.16. The molecule has 0 atom stereocenters. The fourth-order valence-corrected chi connectivity index (χ4v) is 5.16. The van der Waals surface area contributed by atoms with Crippen LogP contribution in [0.15, 0.2) is 78.9 Å². The minimum atomic E-state index is -4.90. The molecule has 0 spiro atoms. The number of ether oxygens (including phenoxy) is 1. The number of alkyl halides is 2. The zero-order valence-electron chi connectivity index (χ0n) is 24.5. The molecule has 5 aromatic rings. The number of unbranched alkanes of at least 4 members (excludes halogenated alkanes) is 2. The van der Waals surface area contributed by atoms with Crippen LogP contribution in [0.4, 0.5) is 43.9 Å². The van der Waals surface area contributed by atoms with Gasteiger partial charge in [-0.05, 0) is 71.0 Å². The molecule has 0 aromatic heterocycles. The maximum atomic E-state index is 15.2. The highest BCUT2D eigenvalue weighted by Crippen LogP contribution is 2.39. The lowest BCUT2D eigenvalue weighted by Gasteiger charge is -2.20. The Morgan fingerprint density at radius 2 is 1.06 bits per heavy atom. The van der Waals surface area contributed by atoms with Gasteiger partial charge in [-0.25, -0.2) is 35.1 Å². The van der Waals surface area contributed by atoms with E-state index in [2.05, 4.69) is 11.7 Å². The Balaban J connectivity index is 1.41. The molecule has 0 saturated carbocycles. The highest BCUT2D eigenvalue weighted by atomic mass is 19.3. The third kappa shape index (κ3) is 7.13. The molecule has 0 aliphatic heterocycles. The topological polar surface area (TPSA) is 9.23 Å². The molecular formula is C36H24F10O. The first-order valence-corrected chi connectivity index (χ1v) is 14.4. The molecule has 244 valence electrons. The normalized spacial score (nSPS) is 11.6. The van der Waals surface area contributed by atoms with Crippen LogP contribution in [0.5, 0.6) is 5.75 Å². The van der Waals surface area contributed by atoms with Gasteiger partial charge in [0.05, 0.1) is 5.56 Å². The molecule has 5 aromatic carbocycles. The van der Waals surface area contributed by atoms with Gasteiger partial charge in [-0.15, -0.1) is 0 Å². The second-order valence-electron chi connectivity index (χ2n) is 10.8. The Hall–Kier alpha value is -4.80. The van der Waals surface area contributed by atoms with Crippen LogP contribution in [-0.2, 0) is 12.5 Å². The third-order valence-electron chi connectivity index (χ3n) is 7.50. The van der Waals surface area contributed by atoms with E-state index >= 15 is 13.2 Å². The van der Waals surface area contributed by atoms with Gasteiger partial charge in [0.15, 0.2) is 17.5 Å². The van der Waals surface area contributed by atoms with Crippen LogP contribution in [0.1, 0.15) is 37.3 Å². The summed E-state index contributed by atoms with van der Waals surface area (Å²) in [4.78, 5) is 0. The Bertz CT molecular complexity index is 1870. The summed E-state index contributed by atoms with van der Waals surface area (Å²) in [7, 11) is 0. The Morgan fingerprint density at radius 3 is 1.62 bits per heavy atom. The second-order valence-corrected chi connectivity index (χ2v) is 10.8. The molecule has 0 unspecified atom stereocenters. The molecule has 1 nitrogen and oxygen atoms in total. The quantitative estimate of drug-likeness (QED) is 0.0822. The van der Waals surface area contributed by atoms with E-state index in [4.69, 9.17) is 0 Å². The zero-order valence-corrected chi connectivity index (χ0v) is 24.5. The summed E-state index contributed by atoms with van der Waals surface area (Å²) >= 11 is 0. The average Bonchev–Trinajstić information content (AvgIpc) is 2.99. The van der Waals surface area contributed by atoms with Gasteiger partial charge in [0.25, 0.3) is 0 Å². The van der Waals surface area contributed by atoms with Crippen molar-refractivity contribution in [3.05, 3.63) is 137 Å². The molecule has 0 aliphatic rings. The van der Waals surface area contributed by atoms with Gasteiger partial charge in [0.1, 0.15) is 40.4 Å². The maximum absolute atomic E-state index is 15.2. The van der Waals surface area contributed by atoms with Crippen molar-refractivity contribution in [3.8, 4) is 39.1 Å². The molecule has 0 radical (unpaired) electrons. The number of hydrogen-bond acceptors (Lipinski definition) is 1. The molecule has 5 rings (SSSR count). The SMILES string of the molecule is CCCCCc1ccc(-c2ccc(-c3cc(F)c(-c4cc(F)c(C(F)(F)Oc5cc(F)c(F)c(F)c5)c(F)c4)c(F)c3)c(F)c2)cc1. The summed E-state index contributed by atoms with van der Waals surface area (Å²) in [5.74, 6) is -14.7. The number of halogens is 10. The van der Waals surface area contributed by atoms with Crippen LogP contribution in [0.25, 0.3) is 33.4 Å². The monoisotopic (exact) mass is 662 g/mol. The van der Waals surface area contributed by atoms with E-state index in [1.54, 1.807) is 6.07 Å². The van der Waals surface area contributed by atoms with Crippen LogP contribution < -0.4 is 4.74 Å². The van der Waals surface area contributed by atoms with Crippen LogP contribution in [-0.4, -0.2) is 0 Å². The first-order chi connectivity index (χ1) is 22.3. The van der Waals surface area contributed by atoms with Crippen molar-refractivity contribution in [1.29, 1.82) is 0 Å². The highest BCUT2D eigenvalue weighted by molar-refractivity contribution is 5.75. The van der Waals surface area contributed by atoms with E-state index in [-0.39, 0.29) is 35.4 Å². The lowest BCUT2D eigenvalue weighted by molar-refractivity contribution is -0.189. The van der Waals surface area contributed by atoms with E-state index in [1.165, 1.54) is 12.1 Å². The standard InChI is InChI=1S/C36H24F10O/c1-2-3-4-5-19-6-8-20(9-7-19)21-10-11-25(26(37)12-21)22-13-27(38)33(28(39)14-22)23-15-29(40)34(30(41)16-23)36(45,46)47-24-17-31(42)35(44)32(43)18-24/h6-18H,2-5H2,1H3. The van der Waals surface area contributed by atoms with Gasteiger partial charge in [-0.3, -0.25) is 0 Å². The predicted molar refractivity (Wildman–Crippen MR) is 157 cm³/mol. The van der Waals surface area contributed by atoms with Gasteiger partial charge in [-0.1, -0.05) is 56.2 Å². The van der Waals surface area contributed by atoms with Crippen molar-refractivity contribution < 1.29 is 48.6 Å². The third-order valence-corrected chi connectivity index (χ3v) is 7.50. The fraction of sp³-hybridized carbons (Fsp3) is 0.167. The van der Waals surface area contributed by atoms with E-state index in [1.807, 2.05) is 24.3 Å². The maximum Gasteiger partial charge on any atom is 0.432 e. The van der Waals surface area contributed by atoms with Crippen LogP contribution in [0, 0.1) is 46.5 Å². The van der Waals surface area contributed by atoms with Crippen molar-refractivity contribution in [2.24, 2.45) is 0 Å². The summed E-state index contributed by atoms with van der Waals surface area (Å²) in [6.07, 6.45) is -0.722. The number of benzene rings is 5. The largest absolute Gasteiger partial charge is 0.432 e. The lowest BCUT2D eigenvalue weighted by Crippen LogP contribution is -2.25. The van der Waals surface area contributed by atoms with Crippen LogP contribution >= 0.6 is 0 Å². The molecule has 0 heterocycles. The highest BCUT2D eigenvalue weighted by Gasteiger charge is 2.42. The Morgan fingerprint density at radius 1 is 0.532 bits per heavy atom. The number of hydrogen-bond donors (Lipinski definition) is 0. The number of aryl methyl sites for hydroxylation is 1. The van der Waals surface area contributed by atoms with Gasteiger partial charge < -0.3 is 4.74 Å². The molecule has 0 saturated heterocycles. The van der Waals surface area contributed by atoms with Crippen LogP contribution in [0.2, 0.25) is 0 Å².